The Morgan fingerprint density at radius 3 is 2.47 bits per heavy atom. The van der Waals surface area contributed by atoms with Crippen LogP contribution in [0.15, 0.2) is 0 Å². The first-order chi connectivity index (χ1) is 8.07. The van der Waals surface area contributed by atoms with Crippen molar-refractivity contribution in [1.82, 2.24) is 4.90 Å². The van der Waals surface area contributed by atoms with E-state index >= 15 is 0 Å². The molecule has 0 bridgehead atoms. The minimum atomic E-state index is -1.18. The lowest BCUT2D eigenvalue weighted by molar-refractivity contribution is -0.151. The van der Waals surface area contributed by atoms with Gasteiger partial charge < -0.3 is 15.4 Å². The minimum absolute atomic E-state index is 0.219. The third-order valence-electron chi connectivity index (χ3n) is 3.28. The monoisotopic (exact) mass is 242 g/mol. The summed E-state index contributed by atoms with van der Waals surface area (Å²) in [6, 6.07) is -0.960. The maximum atomic E-state index is 12.0. The van der Waals surface area contributed by atoms with E-state index in [1.54, 1.807) is 18.9 Å². The van der Waals surface area contributed by atoms with Gasteiger partial charge in [-0.2, -0.15) is 0 Å². The average molecular weight is 242 g/mol. The van der Waals surface area contributed by atoms with Gasteiger partial charge in [-0.3, -0.25) is 4.79 Å². The Labute approximate surface area is 102 Å². The van der Waals surface area contributed by atoms with Gasteiger partial charge in [-0.15, -0.1) is 0 Å². The molecular weight excluding hydrogens is 220 g/mol. The molecule has 0 heterocycles. The normalized spacial score (nSPS) is 18.5. The second kappa shape index (κ2) is 6.59. The van der Waals surface area contributed by atoms with Crippen molar-refractivity contribution in [2.24, 2.45) is 5.73 Å². The number of carbonyl (C=O) groups excluding carboxylic acids is 2. The summed E-state index contributed by atoms with van der Waals surface area (Å²) in [5.74, 6) is -0.976. The Balaban J connectivity index is 2.52. The number of nitrogens with zero attached hydrogens (tertiary/aromatic N) is 1. The Hall–Kier alpha value is -1.10. The number of nitrogens with two attached hydrogens (primary N) is 1. The average Bonchev–Trinajstić information content (AvgIpc) is 2.37. The predicted octanol–water partition coefficient (Wildman–Crippen LogP) is 0.668. The highest BCUT2D eigenvalue weighted by atomic mass is 16.5. The predicted molar refractivity (Wildman–Crippen MR) is 64.3 cm³/mol. The highest BCUT2D eigenvalue weighted by Gasteiger charge is 2.30. The van der Waals surface area contributed by atoms with Crippen molar-refractivity contribution in [3.8, 4) is 0 Å². The van der Waals surface area contributed by atoms with Crippen molar-refractivity contribution in [3.05, 3.63) is 0 Å². The van der Waals surface area contributed by atoms with Crippen LogP contribution in [-0.2, 0) is 14.3 Å². The van der Waals surface area contributed by atoms with Crippen LogP contribution in [0.2, 0.25) is 0 Å². The zero-order valence-corrected chi connectivity index (χ0v) is 10.6. The molecule has 5 nitrogen and oxygen atoms in total. The van der Waals surface area contributed by atoms with Gasteiger partial charge in [0.2, 0.25) is 0 Å². The number of amides is 1. The molecule has 0 aromatic carbocycles. The van der Waals surface area contributed by atoms with Gasteiger partial charge in [0.15, 0.2) is 6.04 Å². The SMILES string of the molecule is CCOC(=O)C(N)C(=O)N(C)C1CCCCC1. The standard InChI is InChI=1S/C12H22N2O3/c1-3-17-12(16)10(13)11(15)14(2)9-7-5-4-6-8-9/h9-10H,3-8,13H2,1-2H3. The quantitative estimate of drug-likeness (QED) is 0.581. The molecule has 0 aromatic heterocycles. The number of hydrogen-bond acceptors (Lipinski definition) is 4. The second-order valence-electron chi connectivity index (χ2n) is 4.47. The second-order valence-corrected chi connectivity index (χ2v) is 4.47. The van der Waals surface area contributed by atoms with E-state index in [9.17, 15) is 9.59 Å². The number of hydrogen-bond donors (Lipinski definition) is 1. The van der Waals surface area contributed by atoms with Gasteiger partial charge in [0.05, 0.1) is 6.61 Å². The van der Waals surface area contributed by atoms with Gasteiger partial charge in [0.25, 0.3) is 5.91 Å². The topological polar surface area (TPSA) is 72.6 Å². The zero-order valence-electron chi connectivity index (χ0n) is 10.6. The minimum Gasteiger partial charge on any atom is -0.464 e. The summed E-state index contributed by atoms with van der Waals surface area (Å²) in [6.45, 7) is 1.94. The molecule has 17 heavy (non-hydrogen) atoms. The van der Waals surface area contributed by atoms with E-state index in [0.717, 1.165) is 25.7 Å². The molecule has 0 spiro atoms. The first-order valence-electron chi connectivity index (χ1n) is 6.26. The number of likely N-dealkylation sites (N-methyl/N-ethyl adjacent to an activating group) is 1. The Kier molecular flexibility index (Phi) is 5.41. The van der Waals surface area contributed by atoms with Crippen LogP contribution in [0.4, 0.5) is 0 Å². The van der Waals surface area contributed by atoms with E-state index < -0.39 is 12.0 Å². The molecule has 2 N–H and O–H groups in total. The van der Waals surface area contributed by atoms with Gasteiger partial charge >= 0.3 is 5.97 Å². The van der Waals surface area contributed by atoms with E-state index in [4.69, 9.17) is 10.5 Å². The van der Waals surface area contributed by atoms with Gasteiger partial charge in [-0.1, -0.05) is 19.3 Å². The molecule has 0 aromatic rings. The Morgan fingerprint density at radius 2 is 1.94 bits per heavy atom. The zero-order chi connectivity index (χ0) is 12.8. The van der Waals surface area contributed by atoms with Crippen molar-refractivity contribution >= 4 is 11.9 Å². The van der Waals surface area contributed by atoms with E-state index in [1.807, 2.05) is 0 Å². The molecule has 1 saturated carbocycles. The van der Waals surface area contributed by atoms with Crippen LogP contribution in [0.5, 0.6) is 0 Å². The molecule has 5 heteroatoms. The third-order valence-corrected chi connectivity index (χ3v) is 3.28. The lowest BCUT2D eigenvalue weighted by atomic mass is 9.94. The first-order valence-corrected chi connectivity index (χ1v) is 6.26. The van der Waals surface area contributed by atoms with Crippen molar-refractivity contribution in [3.63, 3.8) is 0 Å². The molecule has 1 rings (SSSR count). The number of ether oxygens (including phenoxy) is 1. The van der Waals surface area contributed by atoms with Crippen LogP contribution >= 0.6 is 0 Å². The number of rotatable bonds is 4. The third kappa shape index (κ3) is 3.70. The lowest BCUT2D eigenvalue weighted by Gasteiger charge is -2.32. The largest absolute Gasteiger partial charge is 0.464 e. The van der Waals surface area contributed by atoms with E-state index in [-0.39, 0.29) is 18.6 Å². The Morgan fingerprint density at radius 1 is 1.35 bits per heavy atom. The molecule has 98 valence electrons. The van der Waals surface area contributed by atoms with Gasteiger partial charge in [-0.05, 0) is 19.8 Å². The fourth-order valence-corrected chi connectivity index (χ4v) is 2.20. The van der Waals surface area contributed by atoms with Crippen LogP contribution in [0.1, 0.15) is 39.0 Å². The lowest BCUT2D eigenvalue weighted by Crippen LogP contribution is -2.51. The van der Waals surface area contributed by atoms with Gasteiger partial charge in [0.1, 0.15) is 0 Å². The molecule has 1 aliphatic rings. The van der Waals surface area contributed by atoms with Crippen molar-refractivity contribution in [2.45, 2.75) is 51.1 Å². The molecular formula is C12H22N2O3. The van der Waals surface area contributed by atoms with Crippen LogP contribution in [0.3, 0.4) is 0 Å². The van der Waals surface area contributed by atoms with Crippen molar-refractivity contribution < 1.29 is 14.3 Å². The van der Waals surface area contributed by atoms with Crippen LogP contribution in [-0.4, -0.2) is 42.5 Å². The van der Waals surface area contributed by atoms with E-state index in [0.29, 0.717) is 0 Å². The summed E-state index contributed by atoms with van der Waals surface area (Å²) >= 11 is 0. The van der Waals surface area contributed by atoms with E-state index in [2.05, 4.69) is 0 Å². The maximum absolute atomic E-state index is 12.0. The molecule has 1 fully saturated rings. The first kappa shape index (κ1) is 14.0. The summed E-state index contributed by atoms with van der Waals surface area (Å²) in [7, 11) is 1.72. The van der Waals surface area contributed by atoms with Gasteiger partial charge in [0, 0.05) is 13.1 Å². The van der Waals surface area contributed by atoms with Crippen LogP contribution < -0.4 is 5.73 Å². The Bertz CT molecular complexity index is 275. The van der Waals surface area contributed by atoms with E-state index in [1.165, 1.54) is 6.42 Å². The summed E-state index contributed by atoms with van der Waals surface area (Å²) in [6.07, 6.45) is 5.49. The smallest absolute Gasteiger partial charge is 0.332 e. The molecule has 0 aliphatic heterocycles. The summed E-state index contributed by atoms with van der Waals surface area (Å²) < 4.78 is 4.75. The highest BCUT2D eigenvalue weighted by Crippen LogP contribution is 2.21. The maximum Gasteiger partial charge on any atom is 0.332 e. The fourth-order valence-electron chi connectivity index (χ4n) is 2.20. The summed E-state index contributed by atoms with van der Waals surface area (Å²) in [4.78, 5) is 24.9. The molecule has 1 amide bonds. The highest BCUT2D eigenvalue weighted by molar-refractivity contribution is 6.01. The molecule has 0 saturated heterocycles. The fraction of sp³-hybridized carbons (Fsp3) is 0.833. The van der Waals surface area contributed by atoms with Crippen LogP contribution in [0, 0.1) is 0 Å². The molecule has 1 atom stereocenters. The molecule has 0 radical (unpaired) electrons. The summed E-state index contributed by atoms with van der Waals surface area (Å²) in [5.41, 5.74) is 5.59. The van der Waals surface area contributed by atoms with Crippen molar-refractivity contribution in [2.75, 3.05) is 13.7 Å². The molecule has 1 aliphatic carbocycles. The van der Waals surface area contributed by atoms with Crippen molar-refractivity contribution in [1.29, 1.82) is 0 Å². The van der Waals surface area contributed by atoms with Crippen LogP contribution in [0.25, 0.3) is 0 Å². The number of esters is 1. The molecule has 1 unspecified atom stereocenters. The summed E-state index contributed by atoms with van der Waals surface area (Å²) in [5, 5.41) is 0. The van der Waals surface area contributed by atoms with Gasteiger partial charge in [-0.25, -0.2) is 4.79 Å². The number of carbonyl (C=O) groups is 2.